The van der Waals surface area contributed by atoms with E-state index in [1.165, 1.54) is 29.2 Å². The van der Waals surface area contributed by atoms with Crippen LogP contribution in [0.4, 0.5) is 26.4 Å². The van der Waals surface area contributed by atoms with Crippen molar-refractivity contribution < 1.29 is 33.4 Å². The lowest BCUT2D eigenvalue weighted by Crippen LogP contribution is -2.32. The minimum atomic E-state index is -0.747. The van der Waals surface area contributed by atoms with Crippen molar-refractivity contribution in [3.8, 4) is 0 Å². The highest BCUT2D eigenvalue weighted by atomic mass is 32.1. The van der Waals surface area contributed by atoms with E-state index < -0.39 is 23.9 Å². The molecular formula is C17H17FN4O6S. The number of carbonyl (C=O) groups excluding carboxylic acids is 2. The molecule has 1 aliphatic heterocycles. The lowest BCUT2D eigenvalue weighted by Gasteiger charge is -2.14. The largest absolute Gasteiger partial charge is 0.442 e. The summed E-state index contributed by atoms with van der Waals surface area (Å²) in [6, 6.07) is 6.56. The number of cyclic esters (lactones) is 1. The SMILES string of the molecule is CC(=S)NC[C@H]1CN(c2ccc(NC(=O)c3ccc(NOO)o3)c(F)c2)C(=O)O1. The molecule has 1 aromatic heterocycles. The van der Waals surface area contributed by atoms with Crippen LogP contribution in [0.15, 0.2) is 34.7 Å². The van der Waals surface area contributed by atoms with E-state index >= 15 is 0 Å². The number of nitrogens with zero attached hydrogens (tertiary/aromatic N) is 1. The maximum absolute atomic E-state index is 14.5. The monoisotopic (exact) mass is 424 g/mol. The zero-order valence-electron chi connectivity index (χ0n) is 15.1. The third kappa shape index (κ3) is 4.99. The lowest BCUT2D eigenvalue weighted by molar-refractivity contribution is -0.217. The fraction of sp³-hybridized carbons (Fsp3) is 0.235. The van der Waals surface area contributed by atoms with Gasteiger partial charge >= 0.3 is 6.09 Å². The van der Waals surface area contributed by atoms with E-state index in [1.807, 2.05) is 5.48 Å². The van der Waals surface area contributed by atoms with Crippen molar-refractivity contribution in [1.82, 2.24) is 5.32 Å². The number of furan rings is 1. The molecule has 0 bridgehead atoms. The number of ether oxygens (including phenoxy) is 1. The van der Waals surface area contributed by atoms with E-state index in [2.05, 4.69) is 15.6 Å². The summed E-state index contributed by atoms with van der Waals surface area (Å²) >= 11 is 4.92. The molecule has 2 aromatic rings. The molecule has 10 nitrogen and oxygen atoms in total. The second kappa shape index (κ2) is 8.86. The van der Waals surface area contributed by atoms with E-state index in [9.17, 15) is 14.0 Å². The Labute approximate surface area is 169 Å². The van der Waals surface area contributed by atoms with Crippen LogP contribution in [-0.2, 0) is 9.73 Å². The molecule has 154 valence electrons. The van der Waals surface area contributed by atoms with E-state index in [0.717, 1.165) is 6.07 Å². The fourth-order valence-corrected chi connectivity index (χ4v) is 2.70. The zero-order valence-corrected chi connectivity index (χ0v) is 15.9. The van der Waals surface area contributed by atoms with Crippen molar-refractivity contribution in [2.75, 3.05) is 28.8 Å². The first-order valence-electron chi connectivity index (χ1n) is 8.37. The maximum atomic E-state index is 14.5. The Morgan fingerprint density at radius 1 is 1.41 bits per heavy atom. The molecule has 1 atom stereocenters. The molecule has 0 radical (unpaired) electrons. The predicted molar refractivity (Wildman–Crippen MR) is 104 cm³/mol. The van der Waals surface area contributed by atoms with Gasteiger partial charge in [0.05, 0.1) is 29.5 Å². The molecule has 2 amide bonds. The first-order valence-corrected chi connectivity index (χ1v) is 8.78. The van der Waals surface area contributed by atoms with Crippen LogP contribution < -0.4 is 21.0 Å². The number of amides is 2. The Hall–Kier alpha value is -3.22. The Morgan fingerprint density at radius 3 is 2.90 bits per heavy atom. The number of rotatable bonds is 7. The average Bonchev–Trinajstić information content (AvgIpc) is 3.28. The quantitative estimate of drug-likeness (QED) is 0.302. The highest BCUT2D eigenvalue weighted by Crippen LogP contribution is 2.26. The van der Waals surface area contributed by atoms with Crippen LogP contribution in [0.2, 0.25) is 0 Å². The fourth-order valence-electron chi connectivity index (χ4n) is 2.61. The Balaban J connectivity index is 1.66. The number of thiocarbonyl (C=S) groups is 1. The van der Waals surface area contributed by atoms with Crippen molar-refractivity contribution >= 4 is 46.5 Å². The summed E-state index contributed by atoms with van der Waals surface area (Å²) in [6.07, 6.45) is -1.02. The van der Waals surface area contributed by atoms with Gasteiger partial charge in [0.15, 0.2) is 5.76 Å². The summed E-state index contributed by atoms with van der Waals surface area (Å²) in [5.41, 5.74) is 2.18. The molecule has 0 unspecified atom stereocenters. The number of hydrogen-bond donors (Lipinski definition) is 4. The molecule has 4 N–H and O–H groups in total. The molecule has 2 heterocycles. The lowest BCUT2D eigenvalue weighted by atomic mass is 10.2. The molecule has 1 saturated heterocycles. The van der Waals surface area contributed by atoms with Crippen molar-refractivity contribution in [1.29, 1.82) is 0 Å². The van der Waals surface area contributed by atoms with Crippen molar-refractivity contribution in [3.63, 3.8) is 0 Å². The Morgan fingerprint density at radius 2 is 2.21 bits per heavy atom. The van der Waals surface area contributed by atoms with E-state index in [-0.39, 0.29) is 29.6 Å². The van der Waals surface area contributed by atoms with E-state index in [0.29, 0.717) is 11.5 Å². The van der Waals surface area contributed by atoms with Crippen LogP contribution in [0, 0.1) is 5.82 Å². The van der Waals surface area contributed by atoms with Crippen molar-refractivity contribution in [3.05, 3.63) is 41.9 Å². The van der Waals surface area contributed by atoms with Crippen LogP contribution in [0.1, 0.15) is 17.5 Å². The number of anilines is 3. The molecular weight excluding hydrogens is 407 g/mol. The molecule has 3 rings (SSSR count). The van der Waals surface area contributed by atoms with Gasteiger partial charge in [-0.25, -0.2) is 19.9 Å². The van der Waals surface area contributed by atoms with Crippen molar-refractivity contribution in [2.45, 2.75) is 13.0 Å². The molecule has 0 aliphatic carbocycles. The normalized spacial score (nSPS) is 15.8. The van der Waals surface area contributed by atoms with Gasteiger partial charge in [0, 0.05) is 6.07 Å². The molecule has 1 fully saturated rings. The summed E-state index contributed by atoms with van der Waals surface area (Å²) in [7, 11) is 0. The summed E-state index contributed by atoms with van der Waals surface area (Å²) in [4.78, 5) is 29.7. The van der Waals surface area contributed by atoms with Crippen LogP contribution >= 0.6 is 12.2 Å². The third-order valence-electron chi connectivity index (χ3n) is 3.94. The number of carbonyl (C=O) groups is 2. The molecule has 1 aliphatic rings. The zero-order chi connectivity index (χ0) is 21.0. The topological polar surface area (TPSA) is 125 Å². The van der Waals surface area contributed by atoms with Gasteiger partial charge < -0.3 is 19.8 Å². The van der Waals surface area contributed by atoms with Crippen LogP contribution in [0.5, 0.6) is 0 Å². The standard InChI is InChI=1S/C17H17FN4O6S/c1-9(29)19-7-11-8-22(17(24)26-11)10-2-3-13(12(18)6-10)20-16(23)14-4-5-15(27-14)21-28-25/h2-6,11,21,25H,7-8H2,1H3,(H,19,29)(H,20,23)/t11-/m0/s1. The summed E-state index contributed by atoms with van der Waals surface area (Å²) < 4.78 is 24.7. The maximum Gasteiger partial charge on any atom is 0.414 e. The van der Waals surface area contributed by atoms with Crippen molar-refractivity contribution in [2.24, 2.45) is 0 Å². The van der Waals surface area contributed by atoms with Gasteiger partial charge in [-0.3, -0.25) is 9.69 Å². The second-order valence-electron chi connectivity index (χ2n) is 6.03. The average molecular weight is 424 g/mol. The summed E-state index contributed by atoms with van der Waals surface area (Å²) in [6.45, 7) is 2.30. The Bertz CT molecular complexity index is 936. The smallest absolute Gasteiger partial charge is 0.414 e. The van der Waals surface area contributed by atoms with Gasteiger partial charge in [0.1, 0.15) is 11.9 Å². The van der Waals surface area contributed by atoms with E-state index in [4.69, 9.17) is 26.6 Å². The minimum Gasteiger partial charge on any atom is -0.442 e. The first-order chi connectivity index (χ1) is 13.9. The Kier molecular flexibility index (Phi) is 6.26. The highest BCUT2D eigenvalue weighted by Gasteiger charge is 2.32. The van der Waals surface area contributed by atoms with Crippen LogP contribution in [0.25, 0.3) is 0 Å². The molecule has 0 saturated carbocycles. The predicted octanol–water partition coefficient (Wildman–Crippen LogP) is 2.75. The summed E-state index contributed by atoms with van der Waals surface area (Å²) in [5, 5.41) is 13.5. The number of hydrogen-bond acceptors (Lipinski definition) is 8. The molecule has 12 heteroatoms. The molecule has 29 heavy (non-hydrogen) atoms. The van der Waals surface area contributed by atoms with E-state index in [1.54, 1.807) is 6.92 Å². The molecule has 0 spiro atoms. The minimum absolute atomic E-state index is 0.0195. The highest BCUT2D eigenvalue weighted by molar-refractivity contribution is 7.80. The molecule has 1 aromatic carbocycles. The van der Waals surface area contributed by atoms with Crippen LogP contribution in [-0.4, -0.2) is 41.4 Å². The van der Waals surface area contributed by atoms with Gasteiger partial charge in [0.2, 0.25) is 5.88 Å². The van der Waals surface area contributed by atoms with Crippen LogP contribution in [0.3, 0.4) is 0 Å². The first kappa shape index (κ1) is 20.5. The third-order valence-corrected chi connectivity index (χ3v) is 4.09. The van der Waals surface area contributed by atoms with Gasteiger partial charge in [-0.05, 0) is 31.2 Å². The number of nitrogens with one attached hydrogen (secondary N) is 3. The summed E-state index contributed by atoms with van der Waals surface area (Å²) in [5.74, 6) is -1.62. The van der Waals surface area contributed by atoms with Gasteiger partial charge in [-0.1, -0.05) is 12.2 Å². The number of benzene rings is 1. The van der Waals surface area contributed by atoms with Gasteiger partial charge in [0.25, 0.3) is 5.91 Å². The van der Waals surface area contributed by atoms with Gasteiger partial charge in [-0.15, -0.1) is 4.99 Å². The van der Waals surface area contributed by atoms with Gasteiger partial charge in [-0.2, -0.15) is 0 Å². The number of halogens is 1. The second-order valence-corrected chi connectivity index (χ2v) is 6.64.